The van der Waals surface area contributed by atoms with Crippen LogP contribution in [0.1, 0.15) is 28.7 Å². The second-order valence-electron chi connectivity index (χ2n) is 5.29. The van der Waals surface area contributed by atoms with E-state index in [2.05, 4.69) is 10.3 Å². The highest BCUT2D eigenvalue weighted by Crippen LogP contribution is 2.28. The monoisotopic (exact) mass is 382 g/mol. The molecule has 1 unspecified atom stereocenters. The van der Waals surface area contributed by atoms with E-state index in [4.69, 9.17) is 0 Å². The van der Waals surface area contributed by atoms with Crippen molar-refractivity contribution in [2.75, 3.05) is 11.5 Å². The Kier molecular flexibility index (Phi) is 6.95. The molecule has 25 heavy (non-hydrogen) atoms. The van der Waals surface area contributed by atoms with Crippen LogP contribution in [0.3, 0.4) is 0 Å². The summed E-state index contributed by atoms with van der Waals surface area (Å²) in [6.07, 6.45) is 0.363. The highest BCUT2D eigenvalue weighted by atomic mass is 32.2. The first-order chi connectivity index (χ1) is 11.9. The highest BCUT2D eigenvalue weighted by molar-refractivity contribution is 7.99. The van der Waals surface area contributed by atoms with Crippen LogP contribution in [0.2, 0.25) is 0 Å². The molecule has 1 atom stereocenters. The van der Waals surface area contributed by atoms with E-state index in [1.54, 1.807) is 30.8 Å². The molecule has 0 aliphatic carbocycles. The third-order valence-electron chi connectivity index (χ3n) is 3.45. The first kappa shape index (κ1) is 19.4. The number of rotatable bonds is 8. The molecule has 1 heterocycles. The van der Waals surface area contributed by atoms with Crippen molar-refractivity contribution in [2.45, 2.75) is 26.3 Å². The van der Waals surface area contributed by atoms with Gasteiger partial charge in [-0.1, -0.05) is 6.92 Å². The van der Waals surface area contributed by atoms with E-state index in [9.17, 15) is 19.1 Å². The van der Waals surface area contributed by atoms with Crippen molar-refractivity contribution in [3.63, 3.8) is 0 Å². The standard InChI is InChI=1S/C17H19FN2O3S2/c1-3-24-9-8-13(17(22)23)20-15(21)14-10(2)19-16(25-14)11-4-6-12(18)7-5-11/h4-7,13H,3,8-9H2,1-2H3,(H,20,21)(H,22,23). The highest BCUT2D eigenvalue weighted by Gasteiger charge is 2.23. The van der Waals surface area contributed by atoms with Gasteiger partial charge in [-0.15, -0.1) is 11.3 Å². The molecule has 2 N–H and O–H groups in total. The lowest BCUT2D eigenvalue weighted by Gasteiger charge is -2.13. The third-order valence-corrected chi connectivity index (χ3v) is 5.59. The molecular formula is C17H19FN2O3S2. The number of carboxylic acids is 1. The third kappa shape index (κ3) is 5.27. The molecule has 5 nitrogen and oxygen atoms in total. The van der Waals surface area contributed by atoms with Gasteiger partial charge in [0.2, 0.25) is 0 Å². The Hall–Kier alpha value is -1.93. The molecule has 0 aliphatic rings. The van der Waals surface area contributed by atoms with E-state index in [0.717, 1.165) is 17.1 Å². The van der Waals surface area contributed by atoms with Crippen LogP contribution in [0, 0.1) is 12.7 Å². The lowest BCUT2D eigenvalue weighted by atomic mass is 10.2. The Labute approximate surface area is 153 Å². The van der Waals surface area contributed by atoms with Gasteiger partial charge in [0.25, 0.3) is 5.91 Å². The summed E-state index contributed by atoms with van der Waals surface area (Å²) in [4.78, 5) is 28.5. The van der Waals surface area contributed by atoms with Gasteiger partial charge < -0.3 is 10.4 Å². The van der Waals surface area contributed by atoms with Crippen molar-refractivity contribution < 1.29 is 19.1 Å². The number of hydrogen-bond donors (Lipinski definition) is 2. The Balaban J connectivity index is 2.13. The van der Waals surface area contributed by atoms with Gasteiger partial charge in [-0.2, -0.15) is 11.8 Å². The minimum atomic E-state index is -1.05. The van der Waals surface area contributed by atoms with Crippen molar-refractivity contribution in [1.82, 2.24) is 10.3 Å². The van der Waals surface area contributed by atoms with Crippen molar-refractivity contribution in [3.05, 3.63) is 40.7 Å². The topological polar surface area (TPSA) is 79.3 Å². The van der Waals surface area contributed by atoms with Crippen molar-refractivity contribution in [1.29, 1.82) is 0 Å². The van der Waals surface area contributed by atoms with Crippen LogP contribution in [-0.4, -0.2) is 39.5 Å². The smallest absolute Gasteiger partial charge is 0.326 e. The van der Waals surface area contributed by atoms with Gasteiger partial charge in [0, 0.05) is 5.56 Å². The van der Waals surface area contributed by atoms with Crippen molar-refractivity contribution in [2.24, 2.45) is 0 Å². The maximum atomic E-state index is 13.0. The molecule has 2 aromatic rings. The molecule has 1 aromatic heterocycles. The molecule has 0 spiro atoms. The fourth-order valence-corrected chi connectivity index (χ4v) is 3.82. The van der Waals surface area contributed by atoms with Crippen LogP contribution in [0.5, 0.6) is 0 Å². The summed E-state index contributed by atoms with van der Waals surface area (Å²) < 4.78 is 13.0. The van der Waals surface area contributed by atoms with Crippen LogP contribution in [-0.2, 0) is 4.79 Å². The molecule has 1 aromatic carbocycles. The predicted octanol–water partition coefficient (Wildman–Crippen LogP) is 3.58. The quantitative estimate of drug-likeness (QED) is 0.682. The number of aryl methyl sites for hydroxylation is 1. The fraction of sp³-hybridized carbons (Fsp3) is 0.353. The molecule has 0 fully saturated rings. The van der Waals surface area contributed by atoms with E-state index in [1.807, 2.05) is 6.92 Å². The SMILES string of the molecule is CCSCCC(NC(=O)c1sc(-c2ccc(F)cc2)nc1C)C(=O)O. The number of nitrogens with one attached hydrogen (secondary N) is 1. The number of thiazole rings is 1. The summed E-state index contributed by atoms with van der Waals surface area (Å²) in [6, 6.07) is 4.92. The lowest BCUT2D eigenvalue weighted by molar-refractivity contribution is -0.139. The van der Waals surface area contributed by atoms with Gasteiger partial charge in [0.15, 0.2) is 0 Å². The van der Waals surface area contributed by atoms with Gasteiger partial charge in [-0.3, -0.25) is 4.79 Å². The number of aliphatic carboxylic acids is 1. The van der Waals surface area contributed by atoms with Crippen LogP contribution in [0.15, 0.2) is 24.3 Å². The summed E-state index contributed by atoms with van der Waals surface area (Å²) >= 11 is 2.79. The number of carboxylic acid groups (broad SMARTS) is 1. The molecule has 8 heteroatoms. The molecule has 1 amide bonds. The van der Waals surface area contributed by atoms with Crippen molar-refractivity contribution >= 4 is 35.0 Å². The van der Waals surface area contributed by atoms with E-state index in [-0.39, 0.29) is 5.82 Å². The maximum Gasteiger partial charge on any atom is 0.326 e. The Bertz CT molecular complexity index is 747. The largest absolute Gasteiger partial charge is 0.480 e. The van der Waals surface area contributed by atoms with Crippen LogP contribution >= 0.6 is 23.1 Å². The molecule has 0 aliphatic heterocycles. The molecule has 0 radical (unpaired) electrons. The summed E-state index contributed by atoms with van der Waals surface area (Å²) in [6.45, 7) is 3.69. The molecule has 0 bridgehead atoms. The average molecular weight is 382 g/mol. The first-order valence-electron chi connectivity index (χ1n) is 7.77. The molecule has 0 saturated carbocycles. The van der Waals surface area contributed by atoms with Crippen LogP contribution in [0.4, 0.5) is 4.39 Å². The summed E-state index contributed by atoms with van der Waals surface area (Å²) in [5.41, 5.74) is 1.23. The zero-order valence-corrected chi connectivity index (χ0v) is 15.5. The molecule has 2 rings (SSSR count). The molecular weight excluding hydrogens is 363 g/mol. The average Bonchev–Trinajstić information content (AvgIpc) is 2.96. The number of carbonyl (C=O) groups is 2. The number of aromatic nitrogens is 1. The minimum Gasteiger partial charge on any atom is -0.480 e. The number of benzene rings is 1. The predicted molar refractivity (Wildman–Crippen MR) is 98.8 cm³/mol. The van der Waals surface area contributed by atoms with E-state index in [1.165, 1.54) is 12.1 Å². The van der Waals surface area contributed by atoms with Gasteiger partial charge in [-0.05, 0) is 49.1 Å². The summed E-state index contributed by atoms with van der Waals surface area (Å²) in [7, 11) is 0. The zero-order valence-electron chi connectivity index (χ0n) is 13.9. The second kappa shape index (κ2) is 8.96. The van der Waals surface area contributed by atoms with Crippen LogP contribution < -0.4 is 5.32 Å². The Morgan fingerprint density at radius 1 is 1.36 bits per heavy atom. The number of nitrogens with zero attached hydrogens (tertiary/aromatic N) is 1. The molecule has 134 valence electrons. The number of amides is 1. The summed E-state index contributed by atoms with van der Waals surface area (Å²) in [5.74, 6) is -0.279. The maximum absolute atomic E-state index is 13.0. The van der Waals surface area contributed by atoms with Gasteiger partial charge in [0.05, 0.1) is 5.69 Å². The van der Waals surface area contributed by atoms with E-state index in [0.29, 0.717) is 33.3 Å². The van der Waals surface area contributed by atoms with E-state index < -0.39 is 17.9 Å². The fourth-order valence-electron chi connectivity index (χ4n) is 2.15. The minimum absolute atomic E-state index is 0.343. The second-order valence-corrected chi connectivity index (χ2v) is 7.68. The van der Waals surface area contributed by atoms with Crippen LogP contribution in [0.25, 0.3) is 10.6 Å². The summed E-state index contributed by atoms with van der Waals surface area (Å²) in [5, 5.41) is 12.4. The number of hydrogen-bond acceptors (Lipinski definition) is 5. The number of carbonyl (C=O) groups excluding carboxylic acids is 1. The number of halogens is 1. The normalized spacial score (nSPS) is 12.0. The zero-order chi connectivity index (χ0) is 18.4. The molecule has 0 saturated heterocycles. The van der Waals surface area contributed by atoms with Gasteiger partial charge in [0.1, 0.15) is 21.7 Å². The Morgan fingerprint density at radius 3 is 2.64 bits per heavy atom. The number of thioether (sulfide) groups is 1. The van der Waals surface area contributed by atoms with Crippen molar-refractivity contribution in [3.8, 4) is 10.6 Å². The lowest BCUT2D eigenvalue weighted by Crippen LogP contribution is -2.41. The first-order valence-corrected chi connectivity index (χ1v) is 9.74. The Morgan fingerprint density at radius 2 is 2.04 bits per heavy atom. The van der Waals surface area contributed by atoms with Gasteiger partial charge in [-0.25, -0.2) is 14.2 Å². The van der Waals surface area contributed by atoms with Gasteiger partial charge >= 0.3 is 5.97 Å². The van der Waals surface area contributed by atoms with E-state index >= 15 is 0 Å².